The van der Waals surface area contributed by atoms with E-state index < -0.39 is 0 Å². The van der Waals surface area contributed by atoms with Gasteiger partial charge in [0.2, 0.25) is 0 Å². The molecule has 0 spiro atoms. The Hall–Kier alpha value is -3.92. The van der Waals surface area contributed by atoms with Crippen LogP contribution in [0.4, 0.5) is 0 Å². The Morgan fingerprint density at radius 3 is 1.24 bits per heavy atom. The minimum atomic E-state index is -0.358. The van der Waals surface area contributed by atoms with Gasteiger partial charge in [0.1, 0.15) is 23.0 Å². The Morgan fingerprint density at radius 2 is 0.842 bits per heavy atom. The summed E-state index contributed by atoms with van der Waals surface area (Å²) >= 11 is 0. The van der Waals surface area contributed by atoms with Crippen molar-refractivity contribution in [1.29, 1.82) is 0 Å². The van der Waals surface area contributed by atoms with Crippen LogP contribution >= 0.6 is 0 Å². The van der Waals surface area contributed by atoms with Crippen molar-refractivity contribution in [2.24, 2.45) is 0 Å². The number of hydrogen-bond acceptors (Lipinski definition) is 4. The SMILES string of the molecule is CCc1cc(C(C)(C)c2ccc(O)c(Cc3cc(C(C)(C)c4ccc(O)c(C)c4)ccc3O)c2)ccc1O. The van der Waals surface area contributed by atoms with E-state index in [1.54, 1.807) is 24.3 Å². The summed E-state index contributed by atoms with van der Waals surface area (Å²) in [6, 6.07) is 22.7. The van der Waals surface area contributed by atoms with E-state index in [0.717, 1.165) is 50.9 Å². The molecule has 4 N–H and O–H groups in total. The third kappa shape index (κ3) is 5.08. The molecular formula is C34H38O4. The van der Waals surface area contributed by atoms with E-state index in [2.05, 4.69) is 27.7 Å². The number of phenolic OH excluding ortho intramolecular Hbond substituents is 4. The fourth-order valence-corrected chi connectivity index (χ4v) is 5.07. The standard InChI is InChI=1S/C34H38O4/c1-7-22-18-26(9-13-30(22)36)34(5,6)28-11-15-32(38)24(20-28)17-23-19-27(10-14-31(23)37)33(3,4)25-8-12-29(35)21(2)16-25/h8-16,18-20,35-38H,7,17H2,1-6H3. The molecule has 4 nitrogen and oxygen atoms in total. The van der Waals surface area contributed by atoms with Crippen molar-refractivity contribution < 1.29 is 20.4 Å². The first-order valence-electron chi connectivity index (χ1n) is 13.1. The van der Waals surface area contributed by atoms with E-state index in [-0.39, 0.29) is 28.1 Å². The summed E-state index contributed by atoms with van der Waals surface area (Å²) in [7, 11) is 0. The van der Waals surface area contributed by atoms with Gasteiger partial charge in [-0.15, -0.1) is 0 Å². The van der Waals surface area contributed by atoms with Gasteiger partial charge in [-0.3, -0.25) is 0 Å². The average Bonchev–Trinajstić information content (AvgIpc) is 2.88. The first kappa shape index (κ1) is 27.1. The summed E-state index contributed by atoms with van der Waals surface area (Å²) in [5, 5.41) is 41.6. The van der Waals surface area contributed by atoms with Crippen LogP contribution in [0.5, 0.6) is 23.0 Å². The highest BCUT2D eigenvalue weighted by Gasteiger charge is 2.27. The Labute approximate surface area is 225 Å². The number of aryl methyl sites for hydroxylation is 2. The maximum atomic E-state index is 10.8. The molecule has 0 bridgehead atoms. The Kier molecular flexibility index (Phi) is 7.20. The topological polar surface area (TPSA) is 80.9 Å². The van der Waals surface area contributed by atoms with Crippen LogP contribution in [0.1, 0.15) is 79.1 Å². The van der Waals surface area contributed by atoms with Gasteiger partial charge in [0.25, 0.3) is 0 Å². The summed E-state index contributed by atoms with van der Waals surface area (Å²) in [5.74, 6) is 0.941. The Morgan fingerprint density at radius 1 is 0.500 bits per heavy atom. The van der Waals surface area contributed by atoms with Crippen LogP contribution in [-0.4, -0.2) is 20.4 Å². The monoisotopic (exact) mass is 510 g/mol. The van der Waals surface area contributed by atoms with Crippen molar-refractivity contribution in [3.63, 3.8) is 0 Å². The van der Waals surface area contributed by atoms with Gasteiger partial charge in [-0.1, -0.05) is 83.1 Å². The fraction of sp³-hybridized carbons (Fsp3) is 0.294. The smallest absolute Gasteiger partial charge is 0.119 e. The molecule has 38 heavy (non-hydrogen) atoms. The number of phenols is 4. The van der Waals surface area contributed by atoms with Gasteiger partial charge in [-0.25, -0.2) is 0 Å². The number of hydrogen-bond donors (Lipinski definition) is 4. The highest BCUT2D eigenvalue weighted by atomic mass is 16.3. The van der Waals surface area contributed by atoms with E-state index in [9.17, 15) is 20.4 Å². The maximum Gasteiger partial charge on any atom is 0.119 e. The van der Waals surface area contributed by atoms with Crippen molar-refractivity contribution in [3.8, 4) is 23.0 Å². The van der Waals surface area contributed by atoms with Crippen LogP contribution in [0.3, 0.4) is 0 Å². The molecule has 0 fully saturated rings. The summed E-state index contributed by atoms with van der Waals surface area (Å²) in [6.45, 7) is 12.4. The maximum absolute atomic E-state index is 10.8. The average molecular weight is 511 g/mol. The Bertz CT molecular complexity index is 1480. The minimum Gasteiger partial charge on any atom is -0.508 e. The van der Waals surface area contributed by atoms with Crippen molar-refractivity contribution in [2.75, 3.05) is 0 Å². The summed E-state index contributed by atoms with van der Waals surface area (Å²) in [6.07, 6.45) is 1.11. The first-order valence-corrected chi connectivity index (χ1v) is 13.1. The van der Waals surface area contributed by atoms with Crippen LogP contribution in [0.15, 0.2) is 72.8 Å². The predicted octanol–water partition coefficient (Wildman–Crippen LogP) is 7.62. The fourth-order valence-electron chi connectivity index (χ4n) is 5.07. The number of benzene rings is 4. The molecule has 0 heterocycles. The lowest BCUT2D eigenvalue weighted by Crippen LogP contribution is -2.20. The van der Waals surface area contributed by atoms with Crippen molar-refractivity contribution in [1.82, 2.24) is 0 Å². The second-order valence-corrected chi connectivity index (χ2v) is 11.3. The molecule has 4 aromatic carbocycles. The first-order chi connectivity index (χ1) is 17.8. The highest BCUT2D eigenvalue weighted by molar-refractivity contribution is 5.51. The van der Waals surface area contributed by atoms with Crippen LogP contribution in [0, 0.1) is 6.92 Å². The molecule has 0 saturated heterocycles. The molecule has 4 heteroatoms. The van der Waals surface area contributed by atoms with Crippen molar-refractivity contribution in [2.45, 2.75) is 65.2 Å². The zero-order chi connectivity index (χ0) is 27.8. The van der Waals surface area contributed by atoms with Gasteiger partial charge in [0.15, 0.2) is 0 Å². The second-order valence-electron chi connectivity index (χ2n) is 11.3. The number of rotatable bonds is 7. The zero-order valence-corrected chi connectivity index (χ0v) is 23.1. The quantitative estimate of drug-likeness (QED) is 0.206. The number of aromatic hydroxyl groups is 4. The third-order valence-electron chi connectivity index (χ3n) is 8.08. The van der Waals surface area contributed by atoms with Gasteiger partial charge in [-0.2, -0.15) is 0 Å². The Balaban J connectivity index is 1.70. The van der Waals surface area contributed by atoms with Gasteiger partial charge >= 0.3 is 0 Å². The van der Waals surface area contributed by atoms with Gasteiger partial charge in [0, 0.05) is 17.3 Å². The molecule has 0 aromatic heterocycles. The summed E-state index contributed by atoms with van der Waals surface area (Å²) in [4.78, 5) is 0. The molecule has 4 aromatic rings. The van der Waals surface area contributed by atoms with Crippen LogP contribution in [0.25, 0.3) is 0 Å². The molecular weight excluding hydrogens is 472 g/mol. The molecule has 0 aliphatic rings. The molecule has 0 amide bonds. The van der Waals surface area contributed by atoms with Gasteiger partial charge in [-0.05, 0) is 82.1 Å². The minimum absolute atomic E-state index is 0.182. The lowest BCUT2D eigenvalue weighted by atomic mass is 9.76. The van der Waals surface area contributed by atoms with Crippen LogP contribution < -0.4 is 0 Å². The molecule has 0 unspecified atom stereocenters. The molecule has 4 rings (SSSR count). The molecule has 0 aliphatic carbocycles. The highest BCUT2D eigenvalue weighted by Crippen LogP contribution is 2.39. The van der Waals surface area contributed by atoms with E-state index in [1.165, 1.54) is 0 Å². The van der Waals surface area contributed by atoms with Gasteiger partial charge in [0.05, 0.1) is 0 Å². The predicted molar refractivity (Wildman–Crippen MR) is 154 cm³/mol. The normalized spacial score (nSPS) is 12.1. The molecule has 0 aliphatic heterocycles. The largest absolute Gasteiger partial charge is 0.508 e. The summed E-state index contributed by atoms with van der Waals surface area (Å²) < 4.78 is 0. The lowest BCUT2D eigenvalue weighted by molar-refractivity contribution is 0.461. The molecule has 0 atom stereocenters. The van der Waals surface area contributed by atoms with E-state index in [4.69, 9.17) is 0 Å². The van der Waals surface area contributed by atoms with E-state index in [0.29, 0.717) is 12.2 Å². The van der Waals surface area contributed by atoms with Crippen molar-refractivity contribution >= 4 is 0 Å². The van der Waals surface area contributed by atoms with Gasteiger partial charge < -0.3 is 20.4 Å². The molecule has 198 valence electrons. The lowest BCUT2D eigenvalue weighted by Gasteiger charge is -2.28. The zero-order valence-electron chi connectivity index (χ0n) is 23.1. The van der Waals surface area contributed by atoms with E-state index in [1.807, 2.05) is 62.4 Å². The third-order valence-corrected chi connectivity index (χ3v) is 8.08. The summed E-state index contributed by atoms with van der Waals surface area (Å²) in [5.41, 5.74) is 6.68. The molecule has 0 saturated carbocycles. The van der Waals surface area contributed by atoms with Crippen molar-refractivity contribution in [3.05, 3.63) is 117 Å². The van der Waals surface area contributed by atoms with Crippen LogP contribution in [-0.2, 0) is 23.7 Å². The second kappa shape index (κ2) is 10.1. The van der Waals surface area contributed by atoms with Crippen LogP contribution in [0.2, 0.25) is 0 Å². The molecule has 0 radical (unpaired) electrons. The van der Waals surface area contributed by atoms with E-state index >= 15 is 0 Å².